The van der Waals surface area contributed by atoms with Crippen LogP contribution < -0.4 is 16.5 Å². The van der Waals surface area contributed by atoms with E-state index in [1.54, 1.807) is 12.1 Å². The Morgan fingerprint density at radius 3 is 2.96 bits per heavy atom. The number of aromatic nitrogens is 4. The van der Waals surface area contributed by atoms with Crippen LogP contribution in [0.1, 0.15) is 33.5 Å². The van der Waals surface area contributed by atoms with Gasteiger partial charge in [-0.15, -0.1) is 22.7 Å². The van der Waals surface area contributed by atoms with Crippen LogP contribution >= 0.6 is 22.7 Å². The molecule has 28 heavy (non-hydrogen) atoms. The van der Waals surface area contributed by atoms with Gasteiger partial charge in [-0.25, -0.2) is 4.79 Å². The second kappa shape index (κ2) is 7.68. The van der Waals surface area contributed by atoms with Gasteiger partial charge in [0.15, 0.2) is 0 Å². The average molecular weight is 419 g/mol. The standard InChI is InChI=1S/C17H18N6O3S2/c1-10-4-5-12-11(7-10)8-13(28-12)16(25)19-18-14(24)9-22-17(26)23(21-20-22)15-3-2-6-27-15/h2-3,6,8,10H,4-5,7,9H2,1H3,(H,18,24)(H,19,25)/t10-/m0/s1. The van der Waals surface area contributed by atoms with E-state index in [0.29, 0.717) is 15.8 Å². The minimum absolute atomic E-state index is 0.344. The van der Waals surface area contributed by atoms with Crippen LogP contribution in [0.25, 0.3) is 5.00 Å². The number of fused-ring (bicyclic) bond motifs is 1. The molecule has 0 bridgehead atoms. The largest absolute Gasteiger partial charge is 0.369 e. The van der Waals surface area contributed by atoms with E-state index < -0.39 is 11.6 Å². The lowest BCUT2D eigenvalue weighted by molar-refractivity contribution is -0.122. The number of carbonyl (C=O) groups excluding carboxylic acids is 2. The Kier molecular flexibility index (Phi) is 5.09. The van der Waals surface area contributed by atoms with Gasteiger partial charge in [-0.3, -0.25) is 20.4 Å². The third-order valence-corrected chi connectivity index (χ3v) is 6.60. The van der Waals surface area contributed by atoms with Crippen LogP contribution in [-0.2, 0) is 24.2 Å². The summed E-state index contributed by atoms with van der Waals surface area (Å²) in [4.78, 5) is 38.4. The molecule has 1 atom stereocenters. The van der Waals surface area contributed by atoms with Crippen molar-refractivity contribution in [3.63, 3.8) is 0 Å². The second-order valence-corrected chi connectivity index (χ2v) is 8.75. The first-order valence-corrected chi connectivity index (χ1v) is 10.5. The highest BCUT2D eigenvalue weighted by Gasteiger charge is 2.21. The first-order valence-electron chi connectivity index (χ1n) is 8.78. The summed E-state index contributed by atoms with van der Waals surface area (Å²) in [6.45, 7) is 1.86. The van der Waals surface area contributed by atoms with Gasteiger partial charge in [-0.1, -0.05) is 6.92 Å². The van der Waals surface area contributed by atoms with Gasteiger partial charge in [0.1, 0.15) is 11.5 Å². The molecule has 3 aromatic rings. The van der Waals surface area contributed by atoms with Crippen molar-refractivity contribution in [3.05, 3.63) is 49.4 Å². The van der Waals surface area contributed by atoms with E-state index in [2.05, 4.69) is 28.2 Å². The molecule has 0 aromatic carbocycles. The zero-order chi connectivity index (χ0) is 19.7. The number of hydrogen-bond donors (Lipinski definition) is 2. The Balaban J connectivity index is 1.35. The van der Waals surface area contributed by atoms with Gasteiger partial charge >= 0.3 is 5.69 Å². The van der Waals surface area contributed by atoms with E-state index in [1.165, 1.54) is 33.1 Å². The number of rotatable bonds is 4. The molecule has 2 amide bonds. The average Bonchev–Trinajstić information content (AvgIpc) is 3.40. The zero-order valence-electron chi connectivity index (χ0n) is 15.0. The maximum atomic E-state index is 12.3. The van der Waals surface area contributed by atoms with Crippen molar-refractivity contribution in [1.29, 1.82) is 0 Å². The Labute approximate surface area is 167 Å². The Hall–Kier alpha value is -2.79. The van der Waals surface area contributed by atoms with Crippen LogP contribution in [-0.4, -0.2) is 31.6 Å². The molecule has 0 saturated heterocycles. The van der Waals surface area contributed by atoms with Crippen molar-refractivity contribution in [2.24, 2.45) is 5.92 Å². The summed E-state index contributed by atoms with van der Waals surface area (Å²) in [7, 11) is 0. The highest BCUT2D eigenvalue weighted by atomic mass is 32.1. The third kappa shape index (κ3) is 3.76. The molecule has 0 saturated carbocycles. The molecule has 0 unspecified atom stereocenters. The first kappa shape index (κ1) is 18.6. The Morgan fingerprint density at radius 2 is 2.18 bits per heavy atom. The predicted octanol–water partition coefficient (Wildman–Crippen LogP) is 1.14. The van der Waals surface area contributed by atoms with Gasteiger partial charge in [-0.05, 0) is 64.7 Å². The van der Waals surface area contributed by atoms with E-state index in [1.807, 2.05) is 11.4 Å². The molecule has 11 heteroatoms. The normalized spacial score (nSPS) is 15.8. The Morgan fingerprint density at radius 1 is 1.32 bits per heavy atom. The van der Waals surface area contributed by atoms with Gasteiger partial charge in [0, 0.05) is 4.88 Å². The van der Waals surface area contributed by atoms with Gasteiger partial charge < -0.3 is 0 Å². The van der Waals surface area contributed by atoms with Crippen LogP contribution in [0.15, 0.2) is 28.4 Å². The fraction of sp³-hybridized carbons (Fsp3) is 0.353. The maximum Gasteiger partial charge on any atom is 0.369 e. The zero-order valence-corrected chi connectivity index (χ0v) is 16.7. The number of nitrogens with one attached hydrogen (secondary N) is 2. The van der Waals surface area contributed by atoms with E-state index in [-0.39, 0.29) is 12.5 Å². The topological polar surface area (TPSA) is 111 Å². The molecule has 1 aliphatic rings. The molecule has 0 radical (unpaired) electrons. The van der Waals surface area contributed by atoms with Crippen molar-refractivity contribution < 1.29 is 9.59 Å². The third-order valence-electron chi connectivity index (χ3n) is 4.52. The SMILES string of the molecule is C[C@H]1CCc2sc(C(=O)NNC(=O)Cn3nnn(-c4cccs4)c3=O)cc2C1. The van der Waals surface area contributed by atoms with Gasteiger partial charge in [0.25, 0.3) is 11.8 Å². The summed E-state index contributed by atoms with van der Waals surface area (Å²) in [5, 5.41) is 9.88. The second-order valence-electron chi connectivity index (χ2n) is 6.69. The molecular weight excluding hydrogens is 400 g/mol. The number of tetrazole rings is 1. The smallest absolute Gasteiger partial charge is 0.271 e. The number of aryl methyl sites for hydroxylation is 1. The molecule has 9 nitrogen and oxygen atoms in total. The molecule has 146 valence electrons. The predicted molar refractivity (Wildman–Crippen MR) is 105 cm³/mol. The van der Waals surface area contributed by atoms with Crippen LogP contribution in [0.5, 0.6) is 0 Å². The number of hydrazine groups is 1. The summed E-state index contributed by atoms with van der Waals surface area (Å²) in [6.07, 6.45) is 3.10. The summed E-state index contributed by atoms with van der Waals surface area (Å²) < 4.78 is 2.06. The molecule has 0 aliphatic heterocycles. The van der Waals surface area contributed by atoms with Gasteiger partial charge in [0.2, 0.25) is 0 Å². The van der Waals surface area contributed by atoms with E-state index in [4.69, 9.17) is 0 Å². The van der Waals surface area contributed by atoms with Crippen LogP contribution in [0.2, 0.25) is 0 Å². The van der Waals surface area contributed by atoms with Gasteiger partial charge in [0.05, 0.1) is 4.88 Å². The Bertz CT molecular complexity index is 1070. The number of thiophene rings is 2. The first-order chi connectivity index (χ1) is 13.5. The number of carbonyl (C=O) groups is 2. The molecule has 0 fully saturated rings. The monoisotopic (exact) mass is 418 g/mol. The van der Waals surface area contributed by atoms with Crippen LogP contribution in [0, 0.1) is 5.92 Å². The van der Waals surface area contributed by atoms with Crippen LogP contribution in [0.4, 0.5) is 0 Å². The number of hydrogen-bond acceptors (Lipinski definition) is 7. The number of amides is 2. The summed E-state index contributed by atoms with van der Waals surface area (Å²) in [6, 6.07) is 5.41. The van der Waals surface area contributed by atoms with E-state index >= 15 is 0 Å². The molecular formula is C17H18N6O3S2. The summed E-state index contributed by atoms with van der Waals surface area (Å²) in [5.74, 6) is -0.308. The number of nitrogens with zero attached hydrogens (tertiary/aromatic N) is 4. The van der Waals surface area contributed by atoms with Crippen molar-refractivity contribution in [2.75, 3.05) is 0 Å². The molecule has 3 aromatic heterocycles. The minimum atomic E-state index is -0.566. The lowest BCUT2D eigenvalue weighted by Gasteiger charge is -2.16. The van der Waals surface area contributed by atoms with Crippen molar-refractivity contribution in [1.82, 2.24) is 30.6 Å². The summed E-state index contributed by atoms with van der Waals surface area (Å²) >= 11 is 2.80. The summed E-state index contributed by atoms with van der Waals surface area (Å²) in [5.41, 5.74) is 5.42. The van der Waals surface area contributed by atoms with Crippen molar-refractivity contribution in [2.45, 2.75) is 32.7 Å². The molecule has 1 aliphatic carbocycles. The maximum absolute atomic E-state index is 12.3. The highest BCUT2D eigenvalue weighted by Crippen LogP contribution is 2.32. The lowest BCUT2D eigenvalue weighted by Crippen LogP contribution is -2.44. The van der Waals surface area contributed by atoms with E-state index in [0.717, 1.165) is 28.6 Å². The van der Waals surface area contributed by atoms with Crippen molar-refractivity contribution >= 4 is 34.5 Å². The molecule has 0 spiro atoms. The van der Waals surface area contributed by atoms with Crippen molar-refractivity contribution in [3.8, 4) is 5.00 Å². The quantitative estimate of drug-likeness (QED) is 0.617. The van der Waals surface area contributed by atoms with Crippen LogP contribution in [0.3, 0.4) is 0 Å². The molecule has 3 heterocycles. The molecule has 2 N–H and O–H groups in total. The fourth-order valence-electron chi connectivity index (χ4n) is 3.08. The molecule has 4 rings (SSSR count). The van der Waals surface area contributed by atoms with Gasteiger partial charge in [-0.2, -0.15) is 9.36 Å². The van der Waals surface area contributed by atoms with E-state index in [9.17, 15) is 14.4 Å². The minimum Gasteiger partial charge on any atom is -0.271 e. The fourth-order valence-corrected chi connectivity index (χ4v) is 4.86. The highest BCUT2D eigenvalue weighted by molar-refractivity contribution is 7.14. The lowest BCUT2D eigenvalue weighted by atomic mass is 9.90.